The van der Waals surface area contributed by atoms with Crippen molar-refractivity contribution in [3.63, 3.8) is 0 Å². The monoisotopic (exact) mass is 318 g/mol. The Morgan fingerprint density at radius 3 is 2.65 bits per heavy atom. The summed E-state index contributed by atoms with van der Waals surface area (Å²) >= 11 is 5.12. The summed E-state index contributed by atoms with van der Waals surface area (Å²) in [5, 5.41) is 6.01. The van der Waals surface area contributed by atoms with Gasteiger partial charge in [0.25, 0.3) is 0 Å². The first-order valence-corrected chi connectivity index (χ1v) is 7.33. The minimum Gasteiger partial charge on any atom is -0.358 e. The molecule has 0 radical (unpaired) electrons. The Balaban J connectivity index is 2.51. The predicted octanol–water partition coefficient (Wildman–Crippen LogP) is 2.76. The van der Waals surface area contributed by atoms with Gasteiger partial charge in [-0.2, -0.15) is 0 Å². The Bertz CT molecular complexity index is 365. The van der Waals surface area contributed by atoms with Gasteiger partial charge in [-0.05, 0) is 40.4 Å². The van der Waals surface area contributed by atoms with Crippen molar-refractivity contribution >= 4 is 33.2 Å². The lowest BCUT2D eigenvalue weighted by atomic mass is 10.0. The zero-order valence-corrected chi connectivity index (χ0v) is 12.8. The number of likely N-dealkylation sites (N-methyl/N-ethyl adjacent to an activating group) is 1. The van der Waals surface area contributed by atoms with Gasteiger partial charge in [-0.1, -0.05) is 13.8 Å². The average Bonchev–Trinajstić information content (AvgIpc) is 2.68. The van der Waals surface area contributed by atoms with E-state index in [-0.39, 0.29) is 11.9 Å². The molecule has 0 aromatic carbocycles. The molecule has 1 atom stereocenters. The number of thiophene rings is 1. The number of hydrogen-bond donors (Lipinski definition) is 2. The Kier molecular flexibility index (Phi) is 6.16. The topological polar surface area (TPSA) is 41.1 Å². The van der Waals surface area contributed by atoms with Crippen molar-refractivity contribution in [2.24, 2.45) is 5.92 Å². The van der Waals surface area contributed by atoms with E-state index in [0.717, 1.165) is 16.8 Å². The van der Waals surface area contributed by atoms with Crippen molar-refractivity contribution in [1.82, 2.24) is 10.6 Å². The molecule has 17 heavy (non-hydrogen) atoms. The number of carbonyl (C=O) groups excluding carboxylic acids is 1. The van der Waals surface area contributed by atoms with Gasteiger partial charge in [0.15, 0.2) is 0 Å². The molecule has 0 spiro atoms. The highest BCUT2D eigenvalue weighted by molar-refractivity contribution is 9.11. The average molecular weight is 319 g/mol. The van der Waals surface area contributed by atoms with E-state index in [9.17, 15) is 4.79 Å². The maximum atomic E-state index is 11.7. The summed E-state index contributed by atoms with van der Waals surface area (Å²) in [6.07, 6.45) is 0.853. The molecule has 0 bridgehead atoms. The van der Waals surface area contributed by atoms with E-state index in [2.05, 4.69) is 46.5 Å². The first-order chi connectivity index (χ1) is 8.02. The fourth-order valence-electron chi connectivity index (χ4n) is 1.60. The van der Waals surface area contributed by atoms with Crippen molar-refractivity contribution in [1.29, 1.82) is 0 Å². The Morgan fingerprint density at radius 2 is 2.18 bits per heavy atom. The highest BCUT2D eigenvalue weighted by atomic mass is 79.9. The molecule has 0 fully saturated rings. The lowest BCUT2D eigenvalue weighted by Crippen LogP contribution is -2.43. The predicted molar refractivity (Wildman–Crippen MR) is 76.2 cm³/mol. The molecule has 0 aliphatic rings. The molecule has 0 saturated heterocycles. The van der Waals surface area contributed by atoms with Crippen molar-refractivity contribution in [3.05, 3.63) is 20.8 Å². The van der Waals surface area contributed by atoms with Gasteiger partial charge in [0.2, 0.25) is 5.91 Å². The van der Waals surface area contributed by atoms with Crippen LogP contribution in [0.15, 0.2) is 15.9 Å². The highest BCUT2D eigenvalue weighted by Crippen LogP contribution is 2.22. The minimum absolute atomic E-state index is 0.0642. The van der Waals surface area contributed by atoms with E-state index >= 15 is 0 Å². The second-order valence-electron chi connectivity index (χ2n) is 4.38. The van der Waals surface area contributed by atoms with E-state index in [1.165, 1.54) is 4.88 Å². The molecule has 0 saturated carbocycles. The van der Waals surface area contributed by atoms with Crippen molar-refractivity contribution in [2.45, 2.75) is 32.9 Å². The molecule has 1 unspecified atom stereocenters. The molecule has 5 heteroatoms. The Labute approximate surface area is 115 Å². The molecular weight excluding hydrogens is 300 g/mol. The zero-order chi connectivity index (χ0) is 12.8. The third-order valence-electron chi connectivity index (χ3n) is 2.42. The Hall–Kier alpha value is -0.390. The van der Waals surface area contributed by atoms with Crippen LogP contribution in [0, 0.1) is 5.92 Å². The second kappa shape index (κ2) is 7.13. The van der Waals surface area contributed by atoms with Crippen LogP contribution in [0.1, 0.15) is 25.1 Å². The molecule has 1 aromatic rings. The van der Waals surface area contributed by atoms with Gasteiger partial charge < -0.3 is 10.6 Å². The van der Waals surface area contributed by atoms with Crippen LogP contribution in [-0.2, 0) is 11.3 Å². The van der Waals surface area contributed by atoms with Gasteiger partial charge in [-0.3, -0.25) is 4.79 Å². The standard InChI is InChI=1S/C12H19BrN2OS/c1-8(2)6-10(12(16)14-3)15-7-9-4-5-11(13)17-9/h4-5,8,10,15H,6-7H2,1-3H3,(H,14,16). The van der Waals surface area contributed by atoms with Gasteiger partial charge in [0.1, 0.15) is 0 Å². The van der Waals surface area contributed by atoms with Crippen LogP contribution in [-0.4, -0.2) is 19.0 Å². The first kappa shape index (κ1) is 14.7. The normalized spacial score (nSPS) is 12.8. The molecule has 0 aliphatic heterocycles. The lowest BCUT2D eigenvalue weighted by molar-refractivity contribution is -0.123. The number of carbonyl (C=O) groups is 1. The van der Waals surface area contributed by atoms with Crippen LogP contribution in [0.5, 0.6) is 0 Å². The molecule has 1 amide bonds. The van der Waals surface area contributed by atoms with Gasteiger partial charge >= 0.3 is 0 Å². The molecule has 0 aliphatic carbocycles. The molecule has 96 valence electrons. The lowest BCUT2D eigenvalue weighted by Gasteiger charge is -2.18. The van der Waals surface area contributed by atoms with Crippen LogP contribution in [0.2, 0.25) is 0 Å². The van der Waals surface area contributed by atoms with E-state index in [1.54, 1.807) is 18.4 Å². The number of amides is 1. The van der Waals surface area contributed by atoms with Gasteiger partial charge in [0, 0.05) is 18.5 Å². The van der Waals surface area contributed by atoms with Crippen molar-refractivity contribution < 1.29 is 4.79 Å². The van der Waals surface area contributed by atoms with Crippen LogP contribution >= 0.6 is 27.3 Å². The van der Waals surface area contributed by atoms with Gasteiger partial charge in [0.05, 0.1) is 9.83 Å². The third kappa shape index (κ3) is 5.19. The minimum atomic E-state index is -0.110. The molecule has 2 N–H and O–H groups in total. The third-order valence-corrected chi connectivity index (χ3v) is 4.05. The van der Waals surface area contributed by atoms with Crippen LogP contribution < -0.4 is 10.6 Å². The first-order valence-electron chi connectivity index (χ1n) is 5.72. The largest absolute Gasteiger partial charge is 0.358 e. The summed E-state index contributed by atoms with van der Waals surface area (Å²) in [4.78, 5) is 12.9. The summed E-state index contributed by atoms with van der Waals surface area (Å²) in [5.41, 5.74) is 0. The number of halogens is 1. The summed E-state index contributed by atoms with van der Waals surface area (Å²) in [5.74, 6) is 0.564. The van der Waals surface area contributed by atoms with Crippen molar-refractivity contribution in [3.8, 4) is 0 Å². The second-order valence-corrected chi connectivity index (χ2v) is 6.93. The number of nitrogens with one attached hydrogen (secondary N) is 2. The zero-order valence-electron chi connectivity index (χ0n) is 10.4. The SMILES string of the molecule is CNC(=O)C(CC(C)C)NCc1ccc(Br)s1. The van der Waals surface area contributed by atoms with Crippen LogP contribution in [0.25, 0.3) is 0 Å². The van der Waals surface area contributed by atoms with Crippen molar-refractivity contribution in [2.75, 3.05) is 7.05 Å². The number of hydrogen-bond acceptors (Lipinski definition) is 3. The molecule has 1 aromatic heterocycles. The van der Waals surface area contributed by atoms with Gasteiger partial charge in [-0.15, -0.1) is 11.3 Å². The van der Waals surface area contributed by atoms with Crippen LogP contribution in [0.4, 0.5) is 0 Å². The molecule has 1 rings (SSSR count). The maximum absolute atomic E-state index is 11.7. The van der Waals surface area contributed by atoms with E-state index in [0.29, 0.717) is 5.92 Å². The summed E-state index contributed by atoms with van der Waals surface area (Å²) in [6.45, 7) is 4.99. The Morgan fingerprint density at radius 1 is 1.47 bits per heavy atom. The maximum Gasteiger partial charge on any atom is 0.236 e. The van der Waals surface area contributed by atoms with Crippen LogP contribution in [0.3, 0.4) is 0 Å². The summed E-state index contributed by atoms with van der Waals surface area (Å²) in [7, 11) is 1.68. The fraction of sp³-hybridized carbons (Fsp3) is 0.583. The number of rotatable bonds is 6. The van der Waals surface area contributed by atoms with E-state index < -0.39 is 0 Å². The van der Waals surface area contributed by atoms with E-state index in [4.69, 9.17) is 0 Å². The molecule has 1 heterocycles. The summed E-state index contributed by atoms with van der Waals surface area (Å²) < 4.78 is 1.12. The van der Waals surface area contributed by atoms with E-state index in [1.807, 2.05) is 6.07 Å². The smallest absolute Gasteiger partial charge is 0.236 e. The molecular formula is C12H19BrN2OS. The highest BCUT2D eigenvalue weighted by Gasteiger charge is 2.17. The summed E-state index contributed by atoms with van der Waals surface area (Å²) in [6, 6.07) is 3.98. The fourth-order valence-corrected chi connectivity index (χ4v) is 3.03. The molecule has 3 nitrogen and oxygen atoms in total. The van der Waals surface area contributed by atoms with Gasteiger partial charge in [-0.25, -0.2) is 0 Å². The quantitative estimate of drug-likeness (QED) is 0.846.